The summed E-state index contributed by atoms with van der Waals surface area (Å²) in [5.41, 5.74) is 2.85. The van der Waals surface area contributed by atoms with E-state index < -0.39 is 5.97 Å². The van der Waals surface area contributed by atoms with E-state index in [0.29, 0.717) is 33.9 Å². The second-order valence-corrected chi connectivity index (χ2v) is 9.27. The molecule has 0 spiro atoms. The smallest absolute Gasteiger partial charge is 0.305 e. The molecule has 0 radical (unpaired) electrons. The Kier molecular flexibility index (Phi) is 9.96. The lowest BCUT2D eigenvalue weighted by atomic mass is 9.99. The molecule has 0 aliphatic carbocycles. The van der Waals surface area contributed by atoms with Gasteiger partial charge < -0.3 is 20.5 Å². The third-order valence-electron chi connectivity index (χ3n) is 5.83. The highest BCUT2D eigenvalue weighted by Gasteiger charge is 2.17. The van der Waals surface area contributed by atoms with Crippen molar-refractivity contribution in [3.05, 3.63) is 76.4 Å². The quantitative estimate of drug-likeness (QED) is 0.259. The topological polar surface area (TPSA) is 101 Å². The van der Waals surface area contributed by atoms with Crippen LogP contribution >= 0.6 is 23.2 Å². The lowest BCUT2D eigenvalue weighted by Gasteiger charge is -2.25. The molecule has 3 aromatic rings. The molecule has 3 N–H and O–H groups in total. The van der Waals surface area contributed by atoms with Crippen LogP contribution in [-0.2, 0) is 4.79 Å². The largest absolute Gasteiger partial charge is 0.490 e. The number of anilines is 1. The number of carboxylic acids is 1. The summed E-state index contributed by atoms with van der Waals surface area (Å²) in [5.74, 6) is -0.289. The van der Waals surface area contributed by atoms with Crippen LogP contribution in [0.4, 0.5) is 5.69 Å². The molecule has 3 rings (SSSR count). The van der Waals surface area contributed by atoms with Gasteiger partial charge in [0.2, 0.25) is 0 Å². The Hall–Kier alpha value is -3.29. The van der Waals surface area contributed by atoms with Crippen molar-refractivity contribution < 1.29 is 19.4 Å². The van der Waals surface area contributed by atoms with Gasteiger partial charge in [-0.05, 0) is 60.5 Å². The van der Waals surface area contributed by atoms with Gasteiger partial charge in [0.1, 0.15) is 12.4 Å². The number of halogens is 2. The minimum atomic E-state index is -0.953. The third-order valence-corrected chi connectivity index (χ3v) is 6.38. The van der Waals surface area contributed by atoms with E-state index in [1.165, 1.54) is 0 Å². The van der Waals surface area contributed by atoms with Gasteiger partial charge in [-0.25, -0.2) is 0 Å². The molecule has 36 heavy (non-hydrogen) atoms. The summed E-state index contributed by atoms with van der Waals surface area (Å²) in [6.45, 7) is 4.78. The van der Waals surface area contributed by atoms with Crippen molar-refractivity contribution in [2.24, 2.45) is 5.92 Å². The Labute approximate surface area is 220 Å². The summed E-state index contributed by atoms with van der Waals surface area (Å²) in [4.78, 5) is 27.2. The predicted molar refractivity (Wildman–Crippen MR) is 143 cm³/mol. The second-order valence-electron chi connectivity index (χ2n) is 8.43. The molecule has 0 aliphatic rings. The first kappa shape index (κ1) is 27.3. The number of carbonyl (C=O) groups is 2. The number of aromatic nitrogens is 1. The van der Waals surface area contributed by atoms with E-state index in [-0.39, 0.29) is 24.9 Å². The highest BCUT2D eigenvalue weighted by molar-refractivity contribution is 6.36. The molecule has 7 nitrogen and oxygen atoms in total. The van der Waals surface area contributed by atoms with Crippen LogP contribution in [0.1, 0.15) is 37.0 Å². The number of pyridine rings is 1. The van der Waals surface area contributed by atoms with E-state index >= 15 is 0 Å². The number of hydrogen-bond acceptors (Lipinski definition) is 5. The van der Waals surface area contributed by atoms with Crippen molar-refractivity contribution in [3.63, 3.8) is 0 Å². The van der Waals surface area contributed by atoms with E-state index in [9.17, 15) is 9.59 Å². The van der Waals surface area contributed by atoms with Crippen molar-refractivity contribution in [2.45, 2.75) is 32.7 Å². The first-order valence-corrected chi connectivity index (χ1v) is 12.4. The normalized spacial score (nSPS) is 12.4. The van der Waals surface area contributed by atoms with Gasteiger partial charge in [0.05, 0.1) is 29.4 Å². The number of hydrogen-bond donors (Lipinski definition) is 3. The van der Waals surface area contributed by atoms with Crippen LogP contribution in [0.5, 0.6) is 5.75 Å². The molecule has 0 fully saturated rings. The maximum absolute atomic E-state index is 12.2. The Bertz CT molecular complexity index is 1170. The van der Waals surface area contributed by atoms with Gasteiger partial charge in [-0.1, -0.05) is 43.5 Å². The number of nitrogens with one attached hydrogen (secondary N) is 2. The molecule has 0 saturated heterocycles. The molecule has 1 aromatic heterocycles. The number of carbonyl (C=O) groups excluding carboxylic acids is 1. The lowest BCUT2D eigenvalue weighted by molar-refractivity contribution is -0.136. The summed E-state index contributed by atoms with van der Waals surface area (Å²) in [6, 6.07) is 16.1. The van der Waals surface area contributed by atoms with Gasteiger partial charge in [0.15, 0.2) is 0 Å². The summed E-state index contributed by atoms with van der Waals surface area (Å²) in [5, 5.41) is 15.9. The molecule has 0 aliphatic heterocycles. The average molecular weight is 530 g/mol. The first-order valence-electron chi connectivity index (χ1n) is 11.7. The number of amides is 1. The number of rotatable bonds is 12. The number of aliphatic carboxylic acids is 1. The summed E-state index contributed by atoms with van der Waals surface area (Å²) >= 11 is 12.3. The summed E-state index contributed by atoms with van der Waals surface area (Å²) < 4.78 is 6.04. The Balaban J connectivity index is 1.60. The van der Waals surface area contributed by atoms with Crippen LogP contribution in [0.3, 0.4) is 0 Å². The van der Waals surface area contributed by atoms with Crippen molar-refractivity contribution in [2.75, 3.05) is 18.5 Å². The van der Waals surface area contributed by atoms with Crippen LogP contribution in [0.2, 0.25) is 10.0 Å². The maximum Gasteiger partial charge on any atom is 0.305 e. The van der Waals surface area contributed by atoms with E-state index in [2.05, 4.69) is 29.5 Å². The van der Waals surface area contributed by atoms with Crippen LogP contribution in [0, 0.1) is 5.92 Å². The summed E-state index contributed by atoms with van der Waals surface area (Å²) in [6.07, 6.45) is 2.51. The lowest BCUT2D eigenvalue weighted by Crippen LogP contribution is -2.33. The third kappa shape index (κ3) is 7.86. The van der Waals surface area contributed by atoms with Gasteiger partial charge in [-0.2, -0.15) is 0 Å². The molecule has 1 heterocycles. The zero-order chi connectivity index (χ0) is 26.1. The molecule has 2 aromatic carbocycles. The maximum atomic E-state index is 12.2. The van der Waals surface area contributed by atoms with E-state index in [4.69, 9.17) is 33.0 Å². The van der Waals surface area contributed by atoms with Gasteiger partial charge in [0, 0.05) is 28.4 Å². The fourth-order valence-electron chi connectivity index (χ4n) is 3.46. The molecular weight excluding hydrogens is 501 g/mol. The monoisotopic (exact) mass is 529 g/mol. The fraction of sp³-hybridized carbons (Fsp3) is 0.296. The highest BCUT2D eigenvalue weighted by Crippen LogP contribution is 2.30. The molecule has 2 unspecified atom stereocenters. The SMILES string of the molecule is CCC(C)C(COc1ccc(-c2ccc(Cl)cc2Cl)nc1)Nc1ccc(C(=O)NCCC(=O)O)cc1. The zero-order valence-corrected chi connectivity index (χ0v) is 21.6. The van der Waals surface area contributed by atoms with Crippen molar-refractivity contribution in [3.8, 4) is 17.0 Å². The van der Waals surface area contributed by atoms with Gasteiger partial charge in [-0.15, -0.1) is 0 Å². The molecule has 1 amide bonds. The van der Waals surface area contributed by atoms with E-state index in [1.807, 2.05) is 30.3 Å². The average Bonchev–Trinajstić information content (AvgIpc) is 2.86. The van der Waals surface area contributed by atoms with Gasteiger partial charge in [-0.3, -0.25) is 14.6 Å². The van der Waals surface area contributed by atoms with Crippen LogP contribution in [0.15, 0.2) is 60.8 Å². The standard InChI is InChI=1S/C27H29Cl2N3O4/c1-3-17(2)25(32-20-7-4-18(5-8-20)27(35)30-13-12-26(33)34)16-36-21-9-11-24(31-15-21)22-10-6-19(28)14-23(22)29/h4-11,14-15,17,25,32H,3,12-13,16H2,1-2H3,(H,30,35)(H,33,34). The molecule has 2 atom stereocenters. The Morgan fingerprint density at radius 3 is 2.44 bits per heavy atom. The van der Waals surface area contributed by atoms with Crippen LogP contribution in [0.25, 0.3) is 11.3 Å². The highest BCUT2D eigenvalue weighted by atomic mass is 35.5. The van der Waals surface area contributed by atoms with Crippen molar-refractivity contribution in [1.82, 2.24) is 10.3 Å². The predicted octanol–water partition coefficient (Wildman–Crippen LogP) is 6.17. The van der Waals surface area contributed by atoms with Gasteiger partial charge in [0.25, 0.3) is 5.91 Å². The van der Waals surface area contributed by atoms with Gasteiger partial charge >= 0.3 is 5.97 Å². The minimum Gasteiger partial charge on any atom is -0.490 e. The first-order chi connectivity index (χ1) is 17.3. The van der Waals surface area contributed by atoms with Crippen LogP contribution < -0.4 is 15.4 Å². The zero-order valence-electron chi connectivity index (χ0n) is 20.1. The molecular formula is C27H29Cl2N3O4. The minimum absolute atomic E-state index is 0.0237. The van der Waals surface area contributed by atoms with E-state index in [0.717, 1.165) is 23.4 Å². The Morgan fingerprint density at radius 1 is 1.08 bits per heavy atom. The number of carboxylic acid groups (broad SMARTS) is 1. The Morgan fingerprint density at radius 2 is 1.83 bits per heavy atom. The van der Waals surface area contributed by atoms with E-state index in [1.54, 1.807) is 30.5 Å². The van der Waals surface area contributed by atoms with Crippen LogP contribution in [-0.4, -0.2) is 41.2 Å². The number of nitrogens with zero attached hydrogens (tertiary/aromatic N) is 1. The second kappa shape index (κ2) is 13.1. The fourth-order valence-corrected chi connectivity index (χ4v) is 3.96. The molecule has 190 valence electrons. The number of benzene rings is 2. The summed E-state index contributed by atoms with van der Waals surface area (Å²) in [7, 11) is 0. The molecule has 0 saturated carbocycles. The van der Waals surface area contributed by atoms with Crippen molar-refractivity contribution >= 4 is 40.8 Å². The van der Waals surface area contributed by atoms with Crippen molar-refractivity contribution in [1.29, 1.82) is 0 Å². The molecule has 0 bridgehead atoms. The molecule has 9 heteroatoms. The number of ether oxygens (including phenoxy) is 1.